The first-order valence-corrected chi connectivity index (χ1v) is 23.3. The largest absolute Gasteiger partial charge is 0.444 e. The summed E-state index contributed by atoms with van der Waals surface area (Å²) in [7, 11) is -4.26. The third-order valence-corrected chi connectivity index (χ3v) is 16.1. The summed E-state index contributed by atoms with van der Waals surface area (Å²) in [5.74, 6) is -3.82. The number of fused-ring (bicyclic) bond motifs is 2. The average Bonchev–Trinajstić information content (AvgIpc) is 4.07. The van der Waals surface area contributed by atoms with E-state index in [1.54, 1.807) is 53.3 Å². The molecule has 2 aliphatic heterocycles. The number of hydrogen-bond acceptors (Lipinski definition) is 8. The van der Waals surface area contributed by atoms with Crippen molar-refractivity contribution >= 4 is 51.2 Å². The van der Waals surface area contributed by atoms with Gasteiger partial charge in [-0.05, 0) is 94.6 Å². The Kier molecular flexibility index (Phi) is 12.9. The van der Waals surface area contributed by atoms with E-state index in [1.807, 2.05) is 30.3 Å². The van der Waals surface area contributed by atoms with Gasteiger partial charge in [0.1, 0.15) is 23.2 Å². The minimum Gasteiger partial charge on any atom is -0.444 e. The van der Waals surface area contributed by atoms with Crippen molar-refractivity contribution in [1.29, 1.82) is 0 Å². The number of alkyl halides is 2. The van der Waals surface area contributed by atoms with Crippen LogP contribution in [-0.2, 0) is 29.1 Å². The number of likely N-dealkylation sites (tertiary alicyclic amines) is 1. The summed E-state index contributed by atoms with van der Waals surface area (Å²) in [6.45, 7) is 10.5. The molecule has 0 radical (unpaired) electrons. The minimum absolute atomic E-state index is 0.0723. The van der Waals surface area contributed by atoms with Gasteiger partial charge in [0.2, 0.25) is 28.3 Å². The second-order valence-electron chi connectivity index (χ2n) is 19.0. The number of halogens is 2. The van der Waals surface area contributed by atoms with Crippen molar-refractivity contribution in [2.45, 2.75) is 145 Å². The molecule has 6 atom stereocenters. The SMILES string of the molecule is CC(C)(C)OC(=O)N[C@H](C(=O)N1C[C@]2(C3C=CC(c4ccccc4)=CC3)C[C@H]1C(=O)N[C@@]1(C[C@H]1C(F)F)C(=O)NS(=O)(=O)C1(CCCCC/C=C/CS2)CC1)C(C)(C)C. The van der Waals surface area contributed by atoms with Crippen molar-refractivity contribution < 1.29 is 41.1 Å². The Bertz CT molecular complexity index is 1970. The van der Waals surface area contributed by atoms with Crippen LogP contribution in [0.15, 0.2) is 60.7 Å². The third kappa shape index (κ3) is 9.92. The number of alkyl carbamates (subject to hydrolysis) is 1. The van der Waals surface area contributed by atoms with Gasteiger partial charge in [-0.3, -0.25) is 19.1 Å². The van der Waals surface area contributed by atoms with Gasteiger partial charge in [0, 0.05) is 17.0 Å². The molecule has 2 spiro atoms. The molecule has 2 bridgehead atoms. The van der Waals surface area contributed by atoms with Crippen LogP contribution in [0.5, 0.6) is 0 Å². The predicted molar refractivity (Wildman–Crippen MR) is 226 cm³/mol. The number of sulfonamides is 1. The van der Waals surface area contributed by atoms with E-state index in [1.165, 1.54) is 4.90 Å². The number of carbonyl (C=O) groups excluding carboxylic acids is 4. The maximum absolute atomic E-state index is 15.0. The molecule has 3 N–H and O–H groups in total. The smallest absolute Gasteiger partial charge is 0.408 e. The van der Waals surface area contributed by atoms with Crippen molar-refractivity contribution in [3.8, 4) is 0 Å². The highest BCUT2D eigenvalue weighted by Gasteiger charge is 2.68. The van der Waals surface area contributed by atoms with Crippen molar-refractivity contribution in [3.63, 3.8) is 0 Å². The van der Waals surface area contributed by atoms with E-state index in [0.717, 1.165) is 30.4 Å². The highest BCUT2D eigenvalue weighted by atomic mass is 32.2. The number of allylic oxidation sites excluding steroid dienone is 5. The first-order valence-electron chi connectivity index (χ1n) is 20.8. The Morgan fingerprint density at radius 2 is 1.69 bits per heavy atom. The molecule has 59 heavy (non-hydrogen) atoms. The van der Waals surface area contributed by atoms with E-state index in [9.17, 15) is 31.6 Å². The lowest BCUT2D eigenvalue weighted by molar-refractivity contribution is -0.143. The molecule has 11 nitrogen and oxygen atoms in total. The highest BCUT2D eigenvalue weighted by molar-refractivity contribution is 8.00. The van der Waals surface area contributed by atoms with Crippen molar-refractivity contribution in [1.82, 2.24) is 20.3 Å². The summed E-state index contributed by atoms with van der Waals surface area (Å²) in [5.41, 5.74) is -1.84. The van der Waals surface area contributed by atoms with E-state index in [0.29, 0.717) is 37.9 Å². The quantitative estimate of drug-likeness (QED) is 0.261. The fraction of sp³-hybridized carbons (Fsp3) is 0.636. The minimum atomic E-state index is -4.26. The Balaban J connectivity index is 1.40. The number of nitrogens with zero attached hydrogens (tertiary/aromatic N) is 1. The number of nitrogens with one attached hydrogen (secondary N) is 3. The molecule has 6 rings (SSSR count). The molecular weight excluding hydrogens is 799 g/mol. The molecule has 2 heterocycles. The second-order valence-corrected chi connectivity index (χ2v) is 22.5. The Morgan fingerprint density at radius 3 is 2.29 bits per heavy atom. The first kappa shape index (κ1) is 44.8. The van der Waals surface area contributed by atoms with E-state index >= 15 is 4.79 Å². The lowest BCUT2D eigenvalue weighted by atomic mass is 9.82. The summed E-state index contributed by atoms with van der Waals surface area (Å²) >= 11 is 1.62. The molecule has 1 unspecified atom stereocenters. The Morgan fingerprint density at radius 1 is 0.983 bits per heavy atom. The van der Waals surface area contributed by atoms with Crippen LogP contribution < -0.4 is 15.4 Å². The summed E-state index contributed by atoms with van der Waals surface area (Å²) in [6.07, 6.45) is 11.0. The van der Waals surface area contributed by atoms with E-state index in [2.05, 4.69) is 45.7 Å². The second kappa shape index (κ2) is 17.0. The topological polar surface area (TPSA) is 151 Å². The Labute approximate surface area is 352 Å². The van der Waals surface area contributed by atoms with Gasteiger partial charge in [0.05, 0.1) is 10.7 Å². The lowest BCUT2D eigenvalue weighted by Crippen LogP contribution is -2.60. The zero-order valence-corrected chi connectivity index (χ0v) is 36.7. The Hall–Kier alpha value is -3.72. The third-order valence-electron chi connectivity index (χ3n) is 12.4. The molecule has 1 saturated heterocycles. The van der Waals surface area contributed by atoms with Crippen LogP contribution in [0.2, 0.25) is 0 Å². The maximum Gasteiger partial charge on any atom is 0.408 e. The van der Waals surface area contributed by atoms with Gasteiger partial charge in [-0.1, -0.05) is 94.3 Å². The van der Waals surface area contributed by atoms with Crippen LogP contribution in [0.4, 0.5) is 13.6 Å². The van der Waals surface area contributed by atoms with Gasteiger partial charge in [-0.2, -0.15) is 0 Å². The monoisotopic (exact) mass is 858 g/mol. The number of carbonyl (C=O) groups is 4. The van der Waals surface area contributed by atoms with Crippen LogP contribution >= 0.6 is 11.8 Å². The number of benzene rings is 1. The van der Waals surface area contributed by atoms with Crippen molar-refractivity contribution in [2.75, 3.05) is 12.3 Å². The molecule has 1 aromatic rings. The standard InChI is InChI=1S/C44H60F2N4O7S2/c1-40(2,3)34(47-39(54)57-41(4,5)6)37(52)50-28-43(31-20-18-30(19-21-31)29-16-12-11-13-17-29)27-33(50)36(51)48-44(26-32(44)35(45)46)38(53)49-59(55,56)42(23-24-42)22-14-9-7-8-10-15-25-58-43/h10-13,15-20,31-35H,7-9,14,21-28H2,1-6H3,(H,47,54)(H,48,51)(H,49,53)/b15-10+/t31?,32-,33-,34+,43-,44+/m0/s1. The molecule has 3 aliphatic carbocycles. The van der Waals surface area contributed by atoms with E-state index in [4.69, 9.17) is 4.74 Å². The van der Waals surface area contributed by atoms with Gasteiger partial charge in [0.15, 0.2) is 0 Å². The van der Waals surface area contributed by atoms with Gasteiger partial charge in [-0.25, -0.2) is 22.0 Å². The van der Waals surface area contributed by atoms with E-state index < -0.39 is 90.7 Å². The summed E-state index contributed by atoms with van der Waals surface area (Å²) in [6, 6.07) is 7.52. The number of thioether (sulfide) groups is 1. The molecule has 3 fully saturated rings. The molecular formula is C44H60F2N4O7S2. The zero-order valence-electron chi connectivity index (χ0n) is 35.0. The molecule has 2 saturated carbocycles. The summed E-state index contributed by atoms with van der Waals surface area (Å²) in [5, 5.41) is 5.35. The molecule has 1 aromatic carbocycles. The van der Waals surface area contributed by atoms with Crippen LogP contribution in [0.25, 0.3) is 5.57 Å². The van der Waals surface area contributed by atoms with Crippen LogP contribution in [0.1, 0.15) is 111 Å². The zero-order chi connectivity index (χ0) is 43.0. The molecule has 4 amide bonds. The fourth-order valence-electron chi connectivity index (χ4n) is 8.70. The number of rotatable bonds is 5. The lowest BCUT2D eigenvalue weighted by Gasteiger charge is -2.38. The van der Waals surface area contributed by atoms with Crippen LogP contribution in [0, 0.1) is 17.3 Å². The maximum atomic E-state index is 15.0. The molecule has 0 aromatic heterocycles. The van der Waals surface area contributed by atoms with Crippen molar-refractivity contribution in [2.24, 2.45) is 17.3 Å². The number of ether oxygens (including phenoxy) is 1. The van der Waals surface area contributed by atoms with E-state index in [-0.39, 0.29) is 18.9 Å². The number of hydrogen-bond donors (Lipinski definition) is 3. The van der Waals surface area contributed by atoms with Gasteiger partial charge < -0.3 is 20.3 Å². The first-order chi connectivity index (χ1) is 27.6. The van der Waals surface area contributed by atoms with Gasteiger partial charge in [-0.15, -0.1) is 11.8 Å². The fourth-order valence-corrected chi connectivity index (χ4v) is 11.9. The normalized spacial score (nSPS) is 30.9. The molecule has 324 valence electrons. The molecule has 15 heteroatoms. The summed E-state index contributed by atoms with van der Waals surface area (Å²) < 4.78 is 62.2. The van der Waals surface area contributed by atoms with Crippen LogP contribution in [0.3, 0.4) is 0 Å². The average molecular weight is 859 g/mol. The van der Waals surface area contributed by atoms with Crippen LogP contribution in [-0.4, -0.2) is 88.6 Å². The molecule has 5 aliphatic rings. The number of amides is 4. The highest BCUT2D eigenvalue weighted by Crippen LogP contribution is 2.52. The predicted octanol–water partition coefficient (Wildman–Crippen LogP) is 7.30. The van der Waals surface area contributed by atoms with Gasteiger partial charge >= 0.3 is 6.09 Å². The van der Waals surface area contributed by atoms with Crippen molar-refractivity contribution in [3.05, 3.63) is 66.3 Å². The van der Waals surface area contributed by atoms with Gasteiger partial charge in [0.25, 0.3) is 5.91 Å². The summed E-state index contributed by atoms with van der Waals surface area (Å²) in [4.78, 5) is 58.4.